The highest BCUT2D eigenvalue weighted by Crippen LogP contribution is 2.23. The van der Waals surface area contributed by atoms with Gasteiger partial charge < -0.3 is 11.1 Å². The molecule has 1 fully saturated rings. The van der Waals surface area contributed by atoms with Crippen LogP contribution in [0.15, 0.2) is 16.7 Å². The molecule has 2 atom stereocenters. The van der Waals surface area contributed by atoms with Crippen molar-refractivity contribution in [3.8, 4) is 0 Å². The second kappa shape index (κ2) is 4.45. The van der Waals surface area contributed by atoms with E-state index in [0.717, 1.165) is 19.3 Å². The van der Waals surface area contributed by atoms with Crippen molar-refractivity contribution < 1.29 is 4.39 Å². The minimum atomic E-state index is -0.344. The van der Waals surface area contributed by atoms with E-state index in [4.69, 9.17) is 5.73 Å². The highest BCUT2D eigenvalue weighted by Gasteiger charge is 2.24. The lowest BCUT2D eigenvalue weighted by Crippen LogP contribution is -2.35. The highest BCUT2D eigenvalue weighted by atomic mass is 79.9. The number of anilines is 1. The third kappa shape index (κ3) is 2.46. The lowest BCUT2D eigenvalue weighted by molar-refractivity contribution is 0.600. The van der Waals surface area contributed by atoms with Crippen molar-refractivity contribution in [1.29, 1.82) is 0 Å². The van der Waals surface area contributed by atoms with Gasteiger partial charge in [0.15, 0.2) is 11.6 Å². The summed E-state index contributed by atoms with van der Waals surface area (Å²) in [6, 6.07) is 1.65. The van der Waals surface area contributed by atoms with Crippen molar-refractivity contribution in [3.05, 3.63) is 22.6 Å². The zero-order valence-electron chi connectivity index (χ0n) is 8.21. The standard InChI is InChI=1S/C10H13BrFN3/c11-6-4-7(12)10(14-5-6)15-9-3-1-2-8(9)13/h4-5,8-9H,1-3,13H2,(H,14,15). The van der Waals surface area contributed by atoms with E-state index >= 15 is 0 Å². The molecule has 0 aliphatic heterocycles. The number of halogens is 2. The summed E-state index contributed by atoms with van der Waals surface area (Å²) in [5.41, 5.74) is 5.88. The van der Waals surface area contributed by atoms with Crippen molar-refractivity contribution in [2.75, 3.05) is 5.32 Å². The topological polar surface area (TPSA) is 50.9 Å². The first-order valence-electron chi connectivity index (χ1n) is 5.00. The number of hydrogen-bond donors (Lipinski definition) is 2. The molecule has 2 unspecified atom stereocenters. The van der Waals surface area contributed by atoms with E-state index in [1.54, 1.807) is 6.20 Å². The van der Waals surface area contributed by atoms with Crippen molar-refractivity contribution in [1.82, 2.24) is 4.98 Å². The number of pyridine rings is 1. The molecule has 0 saturated heterocycles. The highest BCUT2D eigenvalue weighted by molar-refractivity contribution is 9.10. The molecule has 1 aromatic rings. The van der Waals surface area contributed by atoms with Gasteiger partial charge in [-0.2, -0.15) is 0 Å². The summed E-state index contributed by atoms with van der Waals surface area (Å²) in [4.78, 5) is 3.99. The van der Waals surface area contributed by atoms with Crippen molar-refractivity contribution in [3.63, 3.8) is 0 Å². The van der Waals surface area contributed by atoms with Crippen LogP contribution in [-0.2, 0) is 0 Å². The average Bonchev–Trinajstić information content (AvgIpc) is 2.57. The monoisotopic (exact) mass is 273 g/mol. The lowest BCUT2D eigenvalue weighted by Gasteiger charge is -2.18. The lowest BCUT2D eigenvalue weighted by atomic mass is 10.2. The van der Waals surface area contributed by atoms with Gasteiger partial charge in [0.2, 0.25) is 0 Å². The molecule has 0 bridgehead atoms. The molecule has 0 amide bonds. The molecule has 1 aliphatic carbocycles. The quantitative estimate of drug-likeness (QED) is 0.869. The van der Waals surface area contributed by atoms with Crippen LogP contribution in [0.3, 0.4) is 0 Å². The summed E-state index contributed by atoms with van der Waals surface area (Å²) < 4.78 is 14.1. The van der Waals surface area contributed by atoms with E-state index in [0.29, 0.717) is 10.3 Å². The Morgan fingerprint density at radius 2 is 2.33 bits per heavy atom. The Labute approximate surface area is 96.4 Å². The number of nitrogens with one attached hydrogen (secondary N) is 1. The first kappa shape index (κ1) is 10.8. The molecule has 1 aliphatic rings. The molecule has 2 rings (SSSR count). The van der Waals surface area contributed by atoms with E-state index in [1.807, 2.05) is 0 Å². The summed E-state index contributed by atoms with van der Waals surface area (Å²) in [6.07, 6.45) is 4.65. The molecular weight excluding hydrogens is 261 g/mol. The van der Waals surface area contributed by atoms with Crippen LogP contribution in [0.1, 0.15) is 19.3 Å². The average molecular weight is 274 g/mol. The molecule has 1 saturated carbocycles. The maximum atomic E-state index is 13.4. The molecule has 5 heteroatoms. The molecule has 3 nitrogen and oxygen atoms in total. The van der Waals surface area contributed by atoms with Gasteiger partial charge in [0.1, 0.15) is 0 Å². The molecule has 82 valence electrons. The van der Waals surface area contributed by atoms with Crippen LogP contribution in [0, 0.1) is 5.82 Å². The van der Waals surface area contributed by atoms with Gasteiger partial charge in [-0.05, 0) is 41.3 Å². The largest absolute Gasteiger partial charge is 0.363 e. The zero-order chi connectivity index (χ0) is 10.8. The van der Waals surface area contributed by atoms with Crippen LogP contribution in [-0.4, -0.2) is 17.1 Å². The predicted octanol–water partition coefficient (Wildman–Crippen LogP) is 2.27. The van der Waals surface area contributed by atoms with E-state index < -0.39 is 0 Å². The van der Waals surface area contributed by atoms with E-state index in [1.165, 1.54) is 6.07 Å². The molecule has 1 aromatic heterocycles. The van der Waals surface area contributed by atoms with E-state index in [-0.39, 0.29) is 17.9 Å². The van der Waals surface area contributed by atoms with Crippen LogP contribution >= 0.6 is 15.9 Å². The van der Waals surface area contributed by atoms with Crippen LogP contribution in [0.5, 0.6) is 0 Å². The summed E-state index contributed by atoms with van der Waals surface area (Å²) in [5, 5.41) is 3.05. The smallest absolute Gasteiger partial charge is 0.166 e. The van der Waals surface area contributed by atoms with Crippen molar-refractivity contribution in [2.45, 2.75) is 31.3 Å². The van der Waals surface area contributed by atoms with Gasteiger partial charge in [0.05, 0.1) is 0 Å². The molecular formula is C10H13BrFN3. The number of hydrogen-bond acceptors (Lipinski definition) is 3. The summed E-state index contributed by atoms with van der Waals surface area (Å²) in [6.45, 7) is 0. The molecule has 0 spiro atoms. The Kier molecular flexibility index (Phi) is 3.21. The minimum absolute atomic E-state index is 0.106. The Balaban J connectivity index is 2.10. The van der Waals surface area contributed by atoms with Crippen LogP contribution in [0.25, 0.3) is 0 Å². The molecule has 15 heavy (non-hydrogen) atoms. The minimum Gasteiger partial charge on any atom is -0.363 e. The van der Waals surface area contributed by atoms with Crippen LogP contribution in [0.4, 0.5) is 10.2 Å². The van der Waals surface area contributed by atoms with Gasteiger partial charge in [0, 0.05) is 22.8 Å². The first-order chi connectivity index (χ1) is 7.16. The van der Waals surface area contributed by atoms with E-state index in [2.05, 4.69) is 26.2 Å². The Bertz CT molecular complexity index is 359. The fraction of sp³-hybridized carbons (Fsp3) is 0.500. The van der Waals surface area contributed by atoms with Crippen molar-refractivity contribution >= 4 is 21.7 Å². The third-order valence-electron chi connectivity index (χ3n) is 2.70. The molecule has 3 N–H and O–H groups in total. The number of nitrogens with two attached hydrogens (primary N) is 1. The molecule has 0 aromatic carbocycles. The summed E-state index contributed by atoms with van der Waals surface area (Å²) in [5.74, 6) is -0.0518. The number of aromatic nitrogens is 1. The normalized spacial score (nSPS) is 25.5. The third-order valence-corrected chi connectivity index (χ3v) is 3.13. The fourth-order valence-corrected chi connectivity index (χ4v) is 2.17. The van der Waals surface area contributed by atoms with Crippen LogP contribution in [0.2, 0.25) is 0 Å². The zero-order valence-corrected chi connectivity index (χ0v) is 9.80. The molecule has 0 radical (unpaired) electrons. The Morgan fingerprint density at radius 1 is 1.53 bits per heavy atom. The Hall–Kier alpha value is -0.680. The van der Waals surface area contributed by atoms with E-state index in [9.17, 15) is 4.39 Å². The second-order valence-corrected chi connectivity index (χ2v) is 4.75. The van der Waals surface area contributed by atoms with Crippen molar-refractivity contribution in [2.24, 2.45) is 5.73 Å². The predicted molar refractivity (Wildman–Crippen MR) is 61.1 cm³/mol. The number of rotatable bonds is 2. The second-order valence-electron chi connectivity index (χ2n) is 3.83. The van der Waals surface area contributed by atoms with Gasteiger partial charge in [-0.15, -0.1) is 0 Å². The summed E-state index contributed by atoms with van der Waals surface area (Å²) in [7, 11) is 0. The van der Waals surface area contributed by atoms with Gasteiger partial charge in [-0.25, -0.2) is 9.37 Å². The van der Waals surface area contributed by atoms with Gasteiger partial charge in [-0.1, -0.05) is 0 Å². The van der Waals surface area contributed by atoms with Gasteiger partial charge >= 0.3 is 0 Å². The SMILES string of the molecule is NC1CCCC1Nc1ncc(Br)cc1F. The fourth-order valence-electron chi connectivity index (χ4n) is 1.86. The molecule has 1 heterocycles. The first-order valence-corrected chi connectivity index (χ1v) is 5.79. The maximum absolute atomic E-state index is 13.4. The van der Waals surface area contributed by atoms with Crippen LogP contribution < -0.4 is 11.1 Å². The maximum Gasteiger partial charge on any atom is 0.166 e. The number of nitrogens with zero attached hydrogens (tertiary/aromatic N) is 1. The summed E-state index contributed by atoms with van der Waals surface area (Å²) >= 11 is 3.17. The van der Waals surface area contributed by atoms with Gasteiger partial charge in [-0.3, -0.25) is 0 Å². The Morgan fingerprint density at radius 3 is 2.93 bits per heavy atom. The van der Waals surface area contributed by atoms with Gasteiger partial charge in [0.25, 0.3) is 0 Å².